The molecule has 0 aliphatic carbocycles. The van der Waals surface area contributed by atoms with Gasteiger partial charge in [0.1, 0.15) is 0 Å². The Labute approximate surface area is 138 Å². The summed E-state index contributed by atoms with van der Waals surface area (Å²) >= 11 is 0. The van der Waals surface area contributed by atoms with Crippen molar-refractivity contribution in [3.63, 3.8) is 0 Å². The van der Waals surface area contributed by atoms with E-state index in [-0.39, 0.29) is 11.4 Å². The van der Waals surface area contributed by atoms with Crippen molar-refractivity contribution in [2.75, 3.05) is 19.6 Å². The number of aliphatic hydroxyl groups is 1. The number of carbonyl (C=O) groups is 1. The summed E-state index contributed by atoms with van der Waals surface area (Å²) in [5.74, 6) is 0. The van der Waals surface area contributed by atoms with E-state index in [0.717, 1.165) is 18.4 Å². The van der Waals surface area contributed by atoms with Crippen LogP contribution in [-0.4, -0.2) is 41.7 Å². The number of carbonyl (C=O) groups excluding carboxylic acids is 1. The monoisotopic (exact) mass is 319 g/mol. The molecule has 0 spiro atoms. The normalized spacial score (nSPS) is 18.0. The van der Waals surface area contributed by atoms with Crippen LogP contribution in [0.25, 0.3) is 0 Å². The average molecular weight is 319 g/mol. The van der Waals surface area contributed by atoms with Gasteiger partial charge in [-0.2, -0.15) is 0 Å². The van der Waals surface area contributed by atoms with Gasteiger partial charge in [-0.25, -0.2) is 4.79 Å². The van der Waals surface area contributed by atoms with E-state index in [1.807, 2.05) is 12.1 Å². The Balaban J connectivity index is 1.81. The summed E-state index contributed by atoms with van der Waals surface area (Å²) in [5, 5.41) is 13.7. The summed E-state index contributed by atoms with van der Waals surface area (Å²) in [4.78, 5) is 12.8. The number of rotatable bonds is 4. The topological polar surface area (TPSA) is 78.6 Å². The molecule has 1 saturated heterocycles. The fraction of sp³-hybridized carbons (Fsp3) is 0.611. The van der Waals surface area contributed by atoms with E-state index in [2.05, 4.69) is 38.2 Å². The van der Waals surface area contributed by atoms with E-state index >= 15 is 0 Å². The van der Waals surface area contributed by atoms with E-state index in [0.29, 0.717) is 25.7 Å². The van der Waals surface area contributed by atoms with Crippen molar-refractivity contribution in [1.82, 2.24) is 10.2 Å². The van der Waals surface area contributed by atoms with E-state index in [4.69, 9.17) is 5.73 Å². The molecular formula is C18H29N3O2. The predicted octanol–water partition coefficient (Wildman–Crippen LogP) is 2.15. The molecule has 0 radical (unpaired) electrons. The molecule has 1 aromatic rings. The van der Waals surface area contributed by atoms with Crippen LogP contribution in [-0.2, 0) is 5.41 Å². The van der Waals surface area contributed by atoms with Gasteiger partial charge >= 0.3 is 6.03 Å². The first-order valence-electron chi connectivity index (χ1n) is 8.33. The molecule has 5 nitrogen and oxygen atoms in total. The van der Waals surface area contributed by atoms with E-state index < -0.39 is 6.10 Å². The van der Waals surface area contributed by atoms with Gasteiger partial charge in [0.25, 0.3) is 0 Å². The van der Waals surface area contributed by atoms with Gasteiger partial charge in [-0.1, -0.05) is 45.0 Å². The summed E-state index contributed by atoms with van der Waals surface area (Å²) in [7, 11) is 0. The first-order valence-corrected chi connectivity index (χ1v) is 8.33. The second kappa shape index (κ2) is 7.32. The standard InChI is InChI=1S/C18H29N3O2/c1-18(2,3)14-6-4-13(5-7-14)16(22)12-20-15-8-10-21(11-9-15)17(19)23/h4-7,15-16,20,22H,8-12H2,1-3H3,(H2,19,23). The molecule has 128 valence electrons. The fourth-order valence-electron chi connectivity index (χ4n) is 2.91. The minimum atomic E-state index is -0.516. The van der Waals surface area contributed by atoms with Crippen LogP contribution in [0.4, 0.5) is 4.79 Å². The molecule has 1 unspecified atom stereocenters. The zero-order valence-corrected chi connectivity index (χ0v) is 14.4. The zero-order chi connectivity index (χ0) is 17.0. The molecule has 1 aliphatic heterocycles. The summed E-state index contributed by atoms with van der Waals surface area (Å²) in [5.41, 5.74) is 7.60. The summed E-state index contributed by atoms with van der Waals surface area (Å²) < 4.78 is 0. The van der Waals surface area contributed by atoms with Gasteiger partial charge in [-0.3, -0.25) is 0 Å². The minimum Gasteiger partial charge on any atom is -0.387 e. The molecule has 0 saturated carbocycles. The number of hydrogen-bond acceptors (Lipinski definition) is 3. The fourth-order valence-corrected chi connectivity index (χ4v) is 2.91. The number of aliphatic hydroxyl groups excluding tert-OH is 1. The van der Waals surface area contributed by atoms with Gasteiger partial charge in [0.15, 0.2) is 0 Å². The summed E-state index contributed by atoms with van der Waals surface area (Å²) in [6.07, 6.45) is 1.23. The Morgan fingerprint density at radius 3 is 2.35 bits per heavy atom. The Hall–Kier alpha value is -1.59. The molecule has 4 N–H and O–H groups in total. The van der Waals surface area contributed by atoms with Gasteiger partial charge in [0, 0.05) is 25.7 Å². The molecule has 1 aliphatic rings. The third kappa shape index (κ3) is 4.94. The van der Waals surface area contributed by atoms with E-state index in [1.165, 1.54) is 5.56 Å². The van der Waals surface area contributed by atoms with Crippen LogP contribution in [0.3, 0.4) is 0 Å². The van der Waals surface area contributed by atoms with Crippen LogP contribution in [0.15, 0.2) is 24.3 Å². The van der Waals surface area contributed by atoms with Crippen LogP contribution in [0.5, 0.6) is 0 Å². The highest BCUT2D eigenvalue weighted by molar-refractivity contribution is 5.72. The number of benzene rings is 1. The number of nitrogens with two attached hydrogens (primary N) is 1. The van der Waals surface area contributed by atoms with Crippen molar-refractivity contribution in [1.29, 1.82) is 0 Å². The smallest absolute Gasteiger partial charge is 0.314 e. The predicted molar refractivity (Wildman–Crippen MR) is 92.3 cm³/mol. The van der Waals surface area contributed by atoms with Crippen molar-refractivity contribution < 1.29 is 9.90 Å². The Kier molecular flexibility index (Phi) is 5.65. The maximum absolute atomic E-state index is 11.1. The van der Waals surface area contributed by atoms with Gasteiger partial charge in [0.2, 0.25) is 0 Å². The molecule has 2 amide bonds. The molecule has 1 aromatic carbocycles. The molecule has 5 heteroatoms. The summed E-state index contributed by atoms with van der Waals surface area (Å²) in [6, 6.07) is 8.16. The zero-order valence-electron chi connectivity index (χ0n) is 14.4. The lowest BCUT2D eigenvalue weighted by atomic mass is 9.86. The number of likely N-dealkylation sites (tertiary alicyclic amines) is 1. The lowest BCUT2D eigenvalue weighted by molar-refractivity contribution is 0.154. The van der Waals surface area contributed by atoms with E-state index in [9.17, 15) is 9.90 Å². The van der Waals surface area contributed by atoms with Crippen molar-refractivity contribution in [3.05, 3.63) is 35.4 Å². The Morgan fingerprint density at radius 1 is 1.30 bits per heavy atom. The Morgan fingerprint density at radius 2 is 1.87 bits per heavy atom. The van der Waals surface area contributed by atoms with Crippen LogP contribution in [0.2, 0.25) is 0 Å². The number of nitrogens with zero attached hydrogens (tertiary/aromatic N) is 1. The van der Waals surface area contributed by atoms with E-state index in [1.54, 1.807) is 4.90 Å². The van der Waals surface area contributed by atoms with Crippen molar-refractivity contribution >= 4 is 6.03 Å². The lowest BCUT2D eigenvalue weighted by Gasteiger charge is -2.31. The highest BCUT2D eigenvalue weighted by atomic mass is 16.3. The van der Waals surface area contributed by atoms with Gasteiger partial charge in [0.05, 0.1) is 6.10 Å². The van der Waals surface area contributed by atoms with Gasteiger partial charge in [-0.05, 0) is 29.4 Å². The highest BCUT2D eigenvalue weighted by Crippen LogP contribution is 2.24. The van der Waals surface area contributed by atoms with Gasteiger partial charge < -0.3 is 21.1 Å². The quantitative estimate of drug-likeness (QED) is 0.795. The number of nitrogens with one attached hydrogen (secondary N) is 1. The second-order valence-corrected chi connectivity index (χ2v) is 7.40. The van der Waals surface area contributed by atoms with Crippen molar-refractivity contribution in [2.45, 2.75) is 51.2 Å². The molecule has 1 atom stereocenters. The first kappa shape index (κ1) is 17.8. The van der Waals surface area contributed by atoms with Crippen molar-refractivity contribution in [3.8, 4) is 0 Å². The third-order valence-corrected chi connectivity index (χ3v) is 4.57. The van der Waals surface area contributed by atoms with Gasteiger partial charge in [-0.15, -0.1) is 0 Å². The highest BCUT2D eigenvalue weighted by Gasteiger charge is 2.21. The van der Waals surface area contributed by atoms with Crippen LogP contribution in [0.1, 0.15) is 50.8 Å². The average Bonchev–Trinajstić information content (AvgIpc) is 2.52. The van der Waals surface area contributed by atoms with Crippen LogP contribution < -0.4 is 11.1 Å². The summed E-state index contributed by atoms with van der Waals surface area (Å²) in [6.45, 7) is 8.43. The molecule has 0 bridgehead atoms. The van der Waals surface area contributed by atoms with Crippen LogP contribution >= 0.6 is 0 Å². The molecule has 1 heterocycles. The maximum Gasteiger partial charge on any atom is 0.314 e. The molecular weight excluding hydrogens is 290 g/mol. The molecule has 1 fully saturated rings. The van der Waals surface area contributed by atoms with Crippen molar-refractivity contribution in [2.24, 2.45) is 5.73 Å². The molecule has 0 aromatic heterocycles. The first-order chi connectivity index (χ1) is 10.8. The third-order valence-electron chi connectivity index (χ3n) is 4.57. The van der Waals surface area contributed by atoms with Crippen LogP contribution in [0, 0.1) is 0 Å². The SMILES string of the molecule is CC(C)(C)c1ccc(C(O)CNC2CCN(C(N)=O)CC2)cc1. The minimum absolute atomic E-state index is 0.121. The second-order valence-electron chi connectivity index (χ2n) is 7.40. The lowest BCUT2D eigenvalue weighted by Crippen LogP contribution is -2.47. The number of urea groups is 1. The maximum atomic E-state index is 11.1. The molecule has 23 heavy (non-hydrogen) atoms. The molecule has 2 rings (SSSR count). The Bertz CT molecular complexity index is 514. The number of amides is 2. The number of piperidine rings is 1. The number of hydrogen-bond donors (Lipinski definition) is 3. The number of primary amides is 1. The largest absolute Gasteiger partial charge is 0.387 e.